The second-order valence-electron chi connectivity index (χ2n) is 8.54. The molecule has 2 atom stereocenters. The van der Waals surface area contributed by atoms with Crippen LogP contribution in [0.1, 0.15) is 34.8 Å². The van der Waals surface area contributed by atoms with Crippen molar-refractivity contribution in [1.29, 1.82) is 0 Å². The number of hydrogen-bond acceptors (Lipinski definition) is 7. The molecule has 5 aromatic rings. The third kappa shape index (κ3) is 4.65. The fourth-order valence-electron chi connectivity index (χ4n) is 4.25. The standard InChI is InChI=1S/C27H22N6O4/c34-25-16-19(17-8-3-1-4-9-17)28-27(30-25)33-24(15-20(31-33)22-12-7-13-36-22)29-26(35)21-14-23(37-32-21)18-10-5-2-6-11-18/h1-15,19,27-28H,16H2,(H,29,35)(H,30,34). The molecule has 3 aromatic heterocycles. The fourth-order valence-corrected chi connectivity index (χ4v) is 4.25. The van der Waals surface area contributed by atoms with Crippen LogP contribution < -0.4 is 16.0 Å². The average Bonchev–Trinajstić information content (AvgIpc) is 3.71. The van der Waals surface area contributed by atoms with E-state index in [0.717, 1.165) is 11.1 Å². The van der Waals surface area contributed by atoms with Gasteiger partial charge in [-0.1, -0.05) is 65.8 Å². The normalized spacial score (nSPS) is 17.4. The largest absolute Gasteiger partial charge is 0.463 e. The van der Waals surface area contributed by atoms with Gasteiger partial charge >= 0.3 is 0 Å². The monoisotopic (exact) mass is 494 g/mol. The van der Waals surface area contributed by atoms with Gasteiger partial charge in [0.25, 0.3) is 5.91 Å². The third-order valence-corrected chi connectivity index (χ3v) is 6.04. The third-order valence-electron chi connectivity index (χ3n) is 6.04. The van der Waals surface area contributed by atoms with E-state index in [1.54, 1.807) is 30.5 Å². The molecular formula is C27H22N6O4. The van der Waals surface area contributed by atoms with E-state index < -0.39 is 12.2 Å². The molecule has 37 heavy (non-hydrogen) atoms. The van der Waals surface area contributed by atoms with Gasteiger partial charge in [0.2, 0.25) is 5.91 Å². The highest BCUT2D eigenvalue weighted by atomic mass is 16.5. The van der Waals surface area contributed by atoms with Crippen molar-refractivity contribution in [3.05, 3.63) is 102 Å². The average molecular weight is 495 g/mol. The van der Waals surface area contributed by atoms with E-state index in [9.17, 15) is 9.59 Å². The van der Waals surface area contributed by atoms with Crippen molar-refractivity contribution in [3.8, 4) is 22.8 Å². The van der Waals surface area contributed by atoms with Gasteiger partial charge in [0.1, 0.15) is 11.5 Å². The molecule has 6 rings (SSSR count). The smallest absolute Gasteiger partial charge is 0.279 e. The van der Waals surface area contributed by atoms with E-state index in [1.165, 1.54) is 4.68 Å². The second kappa shape index (κ2) is 9.59. The van der Waals surface area contributed by atoms with E-state index in [1.807, 2.05) is 60.7 Å². The molecule has 0 aliphatic carbocycles. The van der Waals surface area contributed by atoms with Gasteiger partial charge < -0.3 is 19.6 Å². The molecule has 2 amide bonds. The van der Waals surface area contributed by atoms with Crippen LogP contribution in [0.5, 0.6) is 0 Å². The number of carbonyl (C=O) groups excluding carboxylic acids is 2. The molecule has 1 saturated heterocycles. The van der Waals surface area contributed by atoms with Gasteiger partial charge in [0, 0.05) is 30.2 Å². The number of amides is 2. The van der Waals surface area contributed by atoms with Crippen LogP contribution in [-0.4, -0.2) is 26.8 Å². The predicted octanol–water partition coefficient (Wildman–Crippen LogP) is 4.36. The van der Waals surface area contributed by atoms with E-state index in [2.05, 4.69) is 26.2 Å². The summed E-state index contributed by atoms with van der Waals surface area (Å²) in [5.41, 5.74) is 2.37. The highest BCUT2D eigenvalue weighted by Gasteiger charge is 2.31. The van der Waals surface area contributed by atoms with Crippen molar-refractivity contribution in [2.75, 3.05) is 5.32 Å². The predicted molar refractivity (Wildman–Crippen MR) is 134 cm³/mol. The molecule has 2 aromatic carbocycles. The first kappa shape index (κ1) is 22.5. The summed E-state index contributed by atoms with van der Waals surface area (Å²) in [5.74, 6) is 0.701. The summed E-state index contributed by atoms with van der Waals surface area (Å²) >= 11 is 0. The van der Waals surface area contributed by atoms with Crippen molar-refractivity contribution < 1.29 is 18.5 Å². The highest BCUT2D eigenvalue weighted by Crippen LogP contribution is 2.28. The number of aromatic nitrogens is 3. The van der Waals surface area contributed by atoms with Crippen LogP contribution in [0.15, 0.2) is 100 Å². The molecule has 0 bridgehead atoms. The van der Waals surface area contributed by atoms with Crippen LogP contribution in [0.3, 0.4) is 0 Å². The van der Waals surface area contributed by atoms with Crippen LogP contribution in [0.25, 0.3) is 22.8 Å². The number of nitrogens with zero attached hydrogens (tertiary/aromatic N) is 3. The Morgan fingerprint density at radius 1 is 0.973 bits per heavy atom. The molecule has 184 valence electrons. The van der Waals surface area contributed by atoms with E-state index >= 15 is 0 Å². The van der Waals surface area contributed by atoms with Gasteiger partial charge in [0.15, 0.2) is 23.5 Å². The lowest BCUT2D eigenvalue weighted by molar-refractivity contribution is -0.125. The minimum absolute atomic E-state index is 0.106. The van der Waals surface area contributed by atoms with Gasteiger partial charge in [-0.2, -0.15) is 5.10 Å². The van der Waals surface area contributed by atoms with Crippen molar-refractivity contribution in [2.45, 2.75) is 18.8 Å². The van der Waals surface area contributed by atoms with Crippen LogP contribution in [0.4, 0.5) is 5.82 Å². The van der Waals surface area contributed by atoms with Crippen molar-refractivity contribution >= 4 is 17.6 Å². The number of rotatable bonds is 6. The maximum Gasteiger partial charge on any atom is 0.279 e. The number of furan rings is 1. The quantitative estimate of drug-likeness (QED) is 0.320. The molecular weight excluding hydrogens is 472 g/mol. The minimum Gasteiger partial charge on any atom is -0.463 e. The zero-order valence-electron chi connectivity index (χ0n) is 19.5. The zero-order valence-corrected chi connectivity index (χ0v) is 19.5. The first-order chi connectivity index (χ1) is 18.1. The van der Waals surface area contributed by atoms with Crippen LogP contribution in [0, 0.1) is 0 Å². The maximum atomic E-state index is 13.1. The molecule has 0 saturated carbocycles. The first-order valence-corrected chi connectivity index (χ1v) is 11.7. The molecule has 10 heteroatoms. The minimum atomic E-state index is -0.720. The summed E-state index contributed by atoms with van der Waals surface area (Å²) in [4.78, 5) is 25.8. The van der Waals surface area contributed by atoms with Gasteiger partial charge in [0.05, 0.1) is 6.26 Å². The molecule has 3 N–H and O–H groups in total. The summed E-state index contributed by atoms with van der Waals surface area (Å²) < 4.78 is 12.4. The lowest BCUT2D eigenvalue weighted by atomic mass is 10.0. The molecule has 1 aliphatic rings. The Hall–Kier alpha value is -4.96. The molecule has 1 fully saturated rings. The van der Waals surface area contributed by atoms with Gasteiger partial charge in [-0.05, 0) is 17.7 Å². The number of carbonyl (C=O) groups is 2. The number of hydrogen-bond donors (Lipinski definition) is 3. The van der Waals surface area contributed by atoms with Crippen LogP contribution >= 0.6 is 0 Å². The van der Waals surface area contributed by atoms with Crippen LogP contribution in [-0.2, 0) is 4.79 Å². The summed E-state index contributed by atoms with van der Waals surface area (Å²) in [5, 5.41) is 17.7. The molecule has 0 radical (unpaired) electrons. The van der Waals surface area contributed by atoms with E-state index in [0.29, 0.717) is 23.0 Å². The lowest BCUT2D eigenvalue weighted by Crippen LogP contribution is -2.50. The molecule has 10 nitrogen and oxygen atoms in total. The van der Waals surface area contributed by atoms with Gasteiger partial charge in [-0.3, -0.25) is 14.9 Å². The molecule has 1 aliphatic heterocycles. The Balaban J connectivity index is 1.30. The zero-order chi connectivity index (χ0) is 25.2. The van der Waals surface area contributed by atoms with Crippen molar-refractivity contribution in [1.82, 2.24) is 25.6 Å². The van der Waals surface area contributed by atoms with E-state index in [-0.39, 0.29) is 24.1 Å². The number of benzene rings is 2. The van der Waals surface area contributed by atoms with Crippen LogP contribution in [0.2, 0.25) is 0 Å². The second-order valence-corrected chi connectivity index (χ2v) is 8.54. The summed E-state index contributed by atoms with van der Waals surface area (Å²) in [6, 6.07) is 25.6. The first-order valence-electron chi connectivity index (χ1n) is 11.7. The molecule has 4 heterocycles. The Kier molecular flexibility index (Phi) is 5.83. The SMILES string of the molecule is O=C1CC(c2ccccc2)NC(n2nc(-c3ccco3)cc2NC(=O)c2cc(-c3ccccc3)on2)N1. The Bertz CT molecular complexity index is 1530. The van der Waals surface area contributed by atoms with Gasteiger partial charge in [-0.25, -0.2) is 4.68 Å². The Labute approximate surface area is 211 Å². The topological polar surface area (TPSA) is 127 Å². The number of nitrogens with one attached hydrogen (secondary N) is 3. The Morgan fingerprint density at radius 3 is 2.51 bits per heavy atom. The van der Waals surface area contributed by atoms with Crippen molar-refractivity contribution in [2.24, 2.45) is 0 Å². The number of anilines is 1. The molecule has 0 spiro atoms. The lowest BCUT2D eigenvalue weighted by Gasteiger charge is -2.32. The highest BCUT2D eigenvalue weighted by molar-refractivity contribution is 6.03. The maximum absolute atomic E-state index is 13.1. The summed E-state index contributed by atoms with van der Waals surface area (Å²) in [6.45, 7) is 0. The van der Waals surface area contributed by atoms with Crippen molar-refractivity contribution in [3.63, 3.8) is 0 Å². The fraction of sp³-hybridized carbons (Fsp3) is 0.111. The van der Waals surface area contributed by atoms with E-state index in [4.69, 9.17) is 8.94 Å². The van der Waals surface area contributed by atoms with Gasteiger partial charge in [-0.15, -0.1) is 0 Å². The molecule has 2 unspecified atom stereocenters. The Morgan fingerprint density at radius 2 is 1.76 bits per heavy atom. The summed E-state index contributed by atoms with van der Waals surface area (Å²) in [6.07, 6.45) is 1.09. The summed E-state index contributed by atoms with van der Waals surface area (Å²) in [7, 11) is 0.